The van der Waals surface area contributed by atoms with Gasteiger partial charge in [-0.2, -0.15) is 0 Å². The van der Waals surface area contributed by atoms with Gasteiger partial charge in [-0.25, -0.2) is 17.6 Å². The normalized spacial score (nSPS) is 8.45. The van der Waals surface area contributed by atoms with Crippen LogP contribution in [0.1, 0.15) is 38.8 Å². The monoisotopic (exact) mass is 316 g/mol. The first-order chi connectivity index (χ1) is 10.4. The van der Waals surface area contributed by atoms with Gasteiger partial charge in [-0.15, -0.1) is 0 Å². The van der Waals surface area contributed by atoms with Crippen molar-refractivity contribution < 1.29 is 17.6 Å². The first-order valence-electron chi connectivity index (χ1n) is 7.23. The van der Waals surface area contributed by atoms with Crippen LogP contribution in [0.4, 0.5) is 17.6 Å². The van der Waals surface area contributed by atoms with Crippen molar-refractivity contribution in [1.82, 2.24) is 0 Å². The predicted octanol–water partition coefficient (Wildman–Crippen LogP) is 6.60. The maximum absolute atomic E-state index is 12.3. The highest BCUT2D eigenvalue weighted by atomic mass is 19.1. The van der Waals surface area contributed by atoms with E-state index in [9.17, 15) is 17.6 Å². The number of rotatable bonds is 0. The zero-order chi connectivity index (χ0) is 17.7. The second-order valence-corrected chi connectivity index (χ2v) is 3.79. The highest BCUT2D eigenvalue weighted by Gasteiger charge is 1.96. The number of aryl methyl sites for hydroxylation is 2. The SMILES string of the molecule is CC.CC.Cc1cc(F)ccc1F.Cc1ccc(F)cc1F. The minimum atomic E-state index is -0.530. The van der Waals surface area contributed by atoms with Crippen LogP contribution in [-0.2, 0) is 0 Å². The fourth-order valence-electron chi connectivity index (χ4n) is 1.18. The largest absolute Gasteiger partial charge is 0.207 e. The van der Waals surface area contributed by atoms with Gasteiger partial charge in [-0.05, 0) is 49.2 Å². The molecule has 124 valence electrons. The van der Waals surface area contributed by atoms with Crippen LogP contribution >= 0.6 is 0 Å². The third-order valence-corrected chi connectivity index (χ3v) is 2.25. The van der Waals surface area contributed by atoms with E-state index in [0.29, 0.717) is 11.1 Å². The Morgan fingerprint density at radius 1 is 0.545 bits per heavy atom. The molecule has 0 N–H and O–H groups in total. The summed E-state index contributed by atoms with van der Waals surface area (Å²) >= 11 is 0. The van der Waals surface area contributed by atoms with Crippen LogP contribution in [0.3, 0.4) is 0 Å². The zero-order valence-electron chi connectivity index (χ0n) is 14.0. The maximum atomic E-state index is 12.3. The van der Waals surface area contributed by atoms with E-state index in [1.165, 1.54) is 19.1 Å². The van der Waals surface area contributed by atoms with Crippen molar-refractivity contribution in [2.45, 2.75) is 41.5 Å². The van der Waals surface area contributed by atoms with Gasteiger partial charge in [-0.3, -0.25) is 0 Å². The lowest BCUT2D eigenvalue weighted by molar-refractivity contribution is 0.577. The van der Waals surface area contributed by atoms with Crippen molar-refractivity contribution in [2.75, 3.05) is 0 Å². The Balaban J connectivity index is 0. The van der Waals surface area contributed by atoms with Crippen LogP contribution in [0.15, 0.2) is 36.4 Å². The Hall–Kier alpha value is -1.84. The van der Waals surface area contributed by atoms with Crippen LogP contribution in [0.25, 0.3) is 0 Å². The lowest BCUT2D eigenvalue weighted by atomic mass is 10.2. The summed E-state index contributed by atoms with van der Waals surface area (Å²) < 4.78 is 49.0. The molecule has 0 aliphatic carbocycles. The smallest absolute Gasteiger partial charge is 0.129 e. The average Bonchev–Trinajstić information content (AvgIpc) is 2.52. The zero-order valence-corrected chi connectivity index (χ0v) is 14.0. The standard InChI is InChI=1S/2C7H6F2.2C2H6/c1-5-4-6(8)2-3-7(5)9;1-5-2-3-6(8)4-7(5)9;2*1-2/h2*2-4H,1H3;2*1-2H3. The van der Waals surface area contributed by atoms with E-state index in [-0.39, 0.29) is 5.82 Å². The molecule has 0 nitrogen and oxygen atoms in total. The van der Waals surface area contributed by atoms with Gasteiger partial charge >= 0.3 is 0 Å². The van der Waals surface area contributed by atoms with Crippen LogP contribution in [0, 0.1) is 37.1 Å². The summed E-state index contributed by atoms with van der Waals surface area (Å²) in [6.45, 7) is 11.1. The summed E-state index contributed by atoms with van der Waals surface area (Å²) in [6.07, 6.45) is 0. The van der Waals surface area contributed by atoms with Crippen molar-refractivity contribution in [3.05, 3.63) is 70.8 Å². The molecule has 0 amide bonds. The Bertz CT molecular complexity index is 487. The molecule has 0 unspecified atom stereocenters. The third-order valence-electron chi connectivity index (χ3n) is 2.25. The molecule has 0 aromatic heterocycles. The summed E-state index contributed by atoms with van der Waals surface area (Å²) in [5, 5.41) is 0. The molecule has 0 radical (unpaired) electrons. The Labute approximate surface area is 130 Å². The second kappa shape index (κ2) is 12.9. The summed E-state index contributed by atoms with van der Waals surface area (Å²) in [5.41, 5.74) is 0.811. The summed E-state index contributed by atoms with van der Waals surface area (Å²) in [7, 11) is 0. The molecule has 0 saturated carbocycles. The van der Waals surface area contributed by atoms with Crippen molar-refractivity contribution in [2.24, 2.45) is 0 Å². The van der Waals surface area contributed by atoms with Gasteiger partial charge in [0, 0.05) is 6.07 Å². The fraction of sp³-hybridized carbons (Fsp3) is 0.333. The molecule has 0 bridgehead atoms. The number of halogens is 4. The second-order valence-electron chi connectivity index (χ2n) is 3.79. The Morgan fingerprint density at radius 3 is 1.36 bits per heavy atom. The van der Waals surface area contributed by atoms with Crippen LogP contribution in [-0.4, -0.2) is 0 Å². The van der Waals surface area contributed by atoms with Crippen LogP contribution < -0.4 is 0 Å². The van der Waals surface area contributed by atoms with E-state index >= 15 is 0 Å². The molecule has 4 heteroatoms. The fourth-order valence-corrected chi connectivity index (χ4v) is 1.18. The molecular weight excluding hydrogens is 292 g/mol. The molecule has 0 atom stereocenters. The lowest BCUT2D eigenvalue weighted by Gasteiger charge is -1.92. The molecular formula is C18H24F4. The predicted molar refractivity (Wildman–Crippen MR) is 84.9 cm³/mol. The molecule has 2 aromatic rings. The van der Waals surface area contributed by atoms with Gasteiger partial charge < -0.3 is 0 Å². The van der Waals surface area contributed by atoms with Gasteiger partial charge in [0.1, 0.15) is 23.3 Å². The first-order valence-corrected chi connectivity index (χ1v) is 7.23. The Morgan fingerprint density at radius 2 is 1.00 bits per heavy atom. The summed E-state index contributed by atoms with van der Waals surface area (Å²) in [4.78, 5) is 0. The third kappa shape index (κ3) is 9.16. The number of benzene rings is 2. The molecule has 2 aromatic carbocycles. The molecule has 2 rings (SSSR count). The molecule has 0 aliphatic rings. The molecule has 0 fully saturated rings. The summed E-state index contributed by atoms with van der Waals surface area (Å²) in [6, 6.07) is 6.89. The van der Waals surface area contributed by atoms with Crippen molar-refractivity contribution in [3.63, 3.8) is 0 Å². The van der Waals surface area contributed by atoms with Gasteiger partial charge in [0.25, 0.3) is 0 Å². The van der Waals surface area contributed by atoms with E-state index in [2.05, 4.69) is 0 Å². The minimum absolute atomic E-state index is 0.343. The van der Waals surface area contributed by atoms with Crippen molar-refractivity contribution in [3.8, 4) is 0 Å². The van der Waals surface area contributed by atoms with Crippen LogP contribution in [0.5, 0.6) is 0 Å². The van der Waals surface area contributed by atoms with E-state index in [1.807, 2.05) is 27.7 Å². The van der Waals surface area contributed by atoms with E-state index in [1.54, 1.807) is 6.92 Å². The average molecular weight is 316 g/mol. The van der Waals surface area contributed by atoms with E-state index in [0.717, 1.165) is 24.3 Å². The molecule has 0 saturated heterocycles. The first kappa shape index (κ1) is 22.4. The number of hydrogen-bond acceptors (Lipinski definition) is 0. The maximum Gasteiger partial charge on any atom is 0.129 e. The van der Waals surface area contributed by atoms with Gasteiger partial charge in [0.05, 0.1) is 0 Å². The molecule has 22 heavy (non-hydrogen) atoms. The van der Waals surface area contributed by atoms with Crippen molar-refractivity contribution >= 4 is 0 Å². The molecule has 0 spiro atoms. The number of hydrogen-bond donors (Lipinski definition) is 0. The highest BCUT2D eigenvalue weighted by molar-refractivity contribution is 5.16. The van der Waals surface area contributed by atoms with E-state index < -0.39 is 17.5 Å². The highest BCUT2D eigenvalue weighted by Crippen LogP contribution is 2.07. The topological polar surface area (TPSA) is 0 Å². The lowest BCUT2D eigenvalue weighted by Crippen LogP contribution is -1.81. The Kier molecular flexibility index (Phi) is 13.1. The van der Waals surface area contributed by atoms with Gasteiger partial charge in [0.15, 0.2) is 0 Å². The van der Waals surface area contributed by atoms with Gasteiger partial charge in [0.2, 0.25) is 0 Å². The van der Waals surface area contributed by atoms with E-state index in [4.69, 9.17) is 0 Å². The quantitative estimate of drug-likeness (QED) is 0.480. The van der Waals surface area contributed by atoms with Crippen LogP contribution in [0.2, 0.25) is 0 Å². The molecule has 0 aliphatic heterocycles. The summed E-state index contributed by atoms with van der Waals surface area (Å²) in [5.74, 6) is -1.78. The van der Waals surface area contributed by atoms with Crippen molar-refractivity contribution in [1.29, 1.82) is 0 Å². The van der Waals surface area contributed by atoms with Gasteiger partial charge in [-0.1, -0.05) is 33.8 Å². The molecule has 0 heterocycles. The minimum Gasteiger partial charge on any atom is -0.207 e.